The minimum Gasteiger partial charge on any atom is -0.490 e. The van der Waals surface area contributed by atoms with Crippen LogP contribution in [0.4, 0.5) is 0 Å². The van der Waals surface area contributed by atoms with Crippen LogP contribution in [0, 0.1) is 12.8 Å². The molecule has 4 rings (SSSR count). The number of fused-ring (bicyclic) bond motifs is 1. The maximum atomic E-state index is 6.60. The summed E-state index contributed by atoms with van der Waals surface area (Å²) in [7, 11) is 0. The zero-order chi connectivity index (χ0) is 17.9. The van der Waals surface area contributed by atoms with E-state index in [1.54, 1.807) is 0 Å². The predicted octanol–water partition coefficient (Wildman–Crippen LogP) is 5.07. The van der Waals surface area contributed by atoms with E-state index in [9.17, 15) is 0 Å². The molecule has 3 heterocycles. The number of rotatable bonds is 5. The molecule has 136 valence electrons. The van der Waals surface area contributed by atoms with E-state index in [1.807, 2.05) is 0 Å². The first kappa shape index (κ1) is 17.2. The normalized spacial score (nSPS) is 16.7. The zero-order valence-corrected chi connectivity index (χ0v) is 15.7. The van der Waals surface area contributed by atoms with Crippen molar-refractivity contribution >= 4 is 5.52 Å². The van der Waals surface area contributed by atoms with Crippen LogP contribution in [-0.2, 0) is 0 Å². The maximum absolute atomic E-state index is 6.60. The molecule has 3 aromatic rings. The lowest BCUT2D eigenvalue weighted by Crippen LogP contribution is -2.36. The van der Waals surface area contributed by atoms with Gasteiger partial charge < -0.3 is 14.5 Å². The van der Waals surface area contributed by atoms with Crippen LogP contribution < -0.4 is 10.1 Å². The van der Waals surface area contributed by atoms with Crippen molar-refractivity contribution < 1.29 is 4.74 Å². The molecule has 1 atom stereocenters. The number of piperidine rings is 1. The summed E-state index contributed by atoms with van der Waals surface area (Å²) in [5, 5.41) is 3.46. The number of aryl methyl sites for hydroxylation is 1. The van der Waals surface area contributed by atoms with Gasteiger partial charge in [-0.05, 0) is 69.5 Å². The third kappa shape index (κ3) is 3.24. The molecule has 1 aliphatic heterocycles. The second-order valence-electron chi connectivity index (χ2n) is 7.29. The molecule has 3 heteroatoms. The fourth-order valence-electron chi connectivity index (χ4n) is 4.22. The Morgan fingerprint density at radius 3 is 2.62 bits per heavy atom. The Balaban J connectivity index is 1.68. The van der Waals surface area contributed by atoms with Crippen LogP contribution in [-0.4, -0.2) is 23.6 Å². The number of ether oxygens (including phenoxy) is 1. The van der Waals surface area contributed by atoms with Crippen LogP contribution in [0.25, 0.3) is 16.6 Å². The third-order valence-electron chi connectivity index (χ3n) is 5.70. The molecule has 3 nitrogen and oxygen atoms in total. The van der Waals surface area contributed by atoms with Crippen molar-refractivity contribution in [3.05, 3.63) is 60.4 Å². The number of hydrogen-bond donors (Lipinski definition) is 1. The van der Waals surface area contributed by atoms with Gasteiger partial charge in [-0.3, -0.25) is 0 Å². The van der Waals surface area contributed by atoms with Crippen LogP contribution in [0.1, 0.15) is 31.9 Å². The van der Waals surface area contributed by atoms with Gasteiger partial charge in [0.15, 0.2) is 0 Å². The Hall–Kier alpha value is -2.26. The van der Waals surface area contributed by atoms with Crippen LogP contribution in [0.3, 0.4) is 0 Å². The van der Waals surface area contributed by atoms with E-state index in [4.69, 9.17) is 4.74 Å². The van der Waals surface area contributed by atoms with Gasteiger partial charge in [0.25, 0.3) is 0 Å². The van der Waals surface area contributed by atoms with Gasteiger partial charge in [-0.15, -0.1) is 0 Å². The van der Waals surface area contributed by atoms with Crippen molar-refractivity contribution in [1.82, 2.24) is 9.72 Å². The molecule has 0 amide bonds. The molecule has 26 heavy (non-hydrogen) atoms. The van der Waals surface area contributed by atoms with Crippen LogP contribution >= 0.6 is 0 Å². The number of nitrogens with one attached hydrogen (secondary N) is 1. The molecule has 2 aromatic heterocycles. The first-order chi connectivity index (χ1) is 12.8. The minimum absolute atomic E-state index is 0.288. The van der Waals surface area contributed by atoms with Gasteiger partial charge in [-0.2, -0.15) is 0 Å². The van der Waals surface area contributed by atoms with Gasteiger partial charge in [0.1, 0.15) is 11.9 Å². The van der Waals surface area contributed by atoms with E-state index < -0.39 is 0 Å². The Labute approximate surface area is 156 Å². The number of hydrogen-bond acceptors (Lipinski definition) is 2. The second-order valence-corrected chi connectivity index (χ2v) is 7.29. The topological polar surface area (TPSA) is 25.7 Å². The lowest BCUT2D eigenvalue weighted by molar-refractivity contribution is 0.109. The van der Waals surface area contributed by atoms with Gasteiger partial charge >= 0.3 is 0 Å². The highest BCUT2D eigenvalue weighted by Crippen LogP contribution is 2.36. The van der Waals surface area contributed by atoms with Crippen LogP contribution in [0.2, 0.25) is 0 Å². The smallest absolute Gasteiger partial charge is 0.127 e. The number of para-hydroxylation sites is 1. The van der Waals surface area contributed by atoms with Gasteiger partial charge in [0, 0.05) is 28.5 Å². The quantitative estimate of drug-likeness (QED) is 0.696. The standard InChI is InChI=1S/C23H28N2O/c1-3-22(18-11-13-24-14-12-18)26-23-10-5-4-9-20(23)21-16-19-8-6-7-15-25(19)17(21)2/h4-10,15-16,18,22,24H,3,11-14H2,1-2H3. The molecule has 0 spiro atoms. The molecule has 0 aliphatic carbocycles. The molecule has 1 fully saturated rings. The number of aromatic nitrogens is 1. The Morgan fingerprint density at radius 2 is 1.85 bits per heavy atom. The Morgan fingerprint density at radius 1 is 1.08 bits per heavy atom. The summed E-state index contributed by atoms with van der Waals surface area (Å²) in [6, 6.07) is 17.1. The first-order valence-corrected chi connectivity index (χ1v) is 9.81. The molecule has 1 aliphatic rings. The van der Waals surface area contributed by atoms with Gasteiger partial charge in [-0.25, -0.2) is 0 Å². The average Bonchev–Trinajstić information content (AvgIpc) is 3.04. The summed E-state index contributed by atoms with van der Waals surface area (Å²) >= 11 is 0. The summed E-state index contributed by atoms with van der Waals surface area (Å²) < 4.78 is 8.85. The summed E-state index contributed by atoms with van der Waals surface area (Å²) in [5.41, 5.74) is 4.93. The fraction of sp³-hybridized carbons (Fsp3) is 0.391. The molecule has 1 aromatic carbocycles. The van der Waals surface area contributed by atoms with Crippen LogP contribution in [0.15, 0.2) is 54.7 Å². The molecule has 0 radical (unpaired) electrons. The lowest BCUT2D eigenvalue weighted by atomic mass is 9.90. The third-order valence-corrected chi connectivity index (χ3v) is 5.70. The van der Waals surface area contributed by atoms with E-state index in [0.717, 1.165) is 25.3 Å². The largest absolute Gasteiger partial charge is 0.490 e. The molecule has 1 unspecified atom stereocenters. The molecular formula is C23H28N2O. The van der Waals surface area contributed by atoms with Gasteiger partial charge in [0.05, 0.1) is 0 Å². The highest BCUT2D eigenvalue weighted by Gasteiger charge is 2.25. The summed E-state index contributed by atoms with van der Waals surface area (Å²) in [6.45, 7) is 6.64. The molecule has 0 saturated carbocycles. The van der Waals surface area contributed by atoms with Gasteiger partial charge in [0.2, 0.25) is 0 Å². The Bertz CT molecular complexity index is 877. The first-order valence-electron chi connectivity index (χ1n) is 9.81. The highest BCUT2D eigenvalue weighted by atomic mass is 16.5. The predicted molar refractivity (Wildman–Crippen MR) is 108 cm³/mol. The number of pyridine rings is 1. The summed E-state index contributed by atoms with van der Waals surface area (Å²) in [4.78, 5) is 0. The van der Waals surface area contributed by atoms with Crippen molar-refractivity contribution in [2.75, 3.05) is 13.1 Å². The highest BCUT2D eigenvalue weighted by molar-refractivity contribution is 5.77. The van der Waals surface area contributed by atoms with E-state index in [1.165, 1.54) is 35.2 Å². The van der Waals surface area contributed by atoms with E-state index in [-0.39, 0.29) is 6.10 Å². The van der Waals surface area contributed by atoms with Crippen molar-refractivity contribution in [1.29, 1.82) is 0 Å². The fourth-order valence-corrected chi connectivity index (χ4v) is 4.22. The van der Waals surface area contributed by atoms with Crippen molar-refractivity contribution in [3.63, 3.8) is 0 Å². The van der Waals surface area contributed by atoms with Crippen LogP contribution in [0.5, 0.6) is 5.75 Å². The van der Waals surface area contributed by atoms with E-state index in [2.05, 4.69) is 78.3 Å². The second kappa shape index (κ2) is 7.55. The van der Waals surface area contributed by atoms with Crippen molar-refractivity contribution in [2.24, 2.45) is 5.92 Å². The van der Waals surface area contributed by atoms with E-state index >= 15 is 0 Å². The monoisotopic (exact) mass is 348 g/mol. The molecule has 0 bridgehead atoms. The lowest BCUT2D eigenvalue weighted by Gasteiger charge is -2.31. The number of nitrogens with zero attached hydrogens (tertiary/aromatic N) is 1. The van der Waals surface area contributed by atoms with Crippen molar-refractivity contribution in [2.45, 2.75) is 39.2 Å². The van der Waals surface area contributed by atoms with E-state index in [0.29, 0.717) is 5.92 Å². The van der Waals surface area contributed by atoms with Gasteiger partial charge in [-0.1, -0.05) is 31.2 Å². The SMILES string of the molecule is CCC(Oc1ccccc1-c1cc2ccccn2c1C)C1CCNCC1. The van der Waals surface area contributed by atoms with Crippen molar-refractivity contribution in [3.8, 4) is 16.9 Å². The summed E-state index contributed by atoms with van der Waals surface area (Å²) in [5.74, 6) is 1.65. The maximum Gasteiger partial charge on any atom is 0.127 e. The minimum atomic E-state index is 0.288. The molecular weight excluding hydrogens is 320 g/mol. The Kier molecular flexibility index (Phi) is 4.98. The average molecular weight is 348 g/mol. The zero-order valence-electron chi connectivity index (χ0n) is 15.7. The number of benzene rings is 1. The summed E-state index contributed by atoms with van der Waals surface area (Å²) in [6.07, 6.45) is 5.87. The molecule has 1 N–H and O–H groups in total. The molecule has 1 saturated heterocycles.